The third-order valence-electron chi connectivity index (χ3n) is 5.37. The molecule has 2 rings (SSSR count). The van der Waals surface area contributed by atoms with Crippen molar-refractivity contribution in [2.45, 2.75) is 58.6 Å². The van der Waals surface area contributed by atoms with E-state index in [9.17, 15) is 0 Å². The predicted octanol–water partition coefficient (Wildman–Crippen LogP) is 2.76. The van der Waals surface area contributed by atoms with Crippen LogP contribution < -0.4 is 5.32 Å². The highest BCUT2D eigenvalue weighted by atomic mass is 16.5. The van der Waals surface area contributed by atoms with E-state index in [4.69, 9.17) is 4.74 Å². The smallest absolute Gasteiger partial charge is 0.0710 e. The van der Waals surface area contributed by atoms with E-state index in [0.29, 0.717) is 6.10 Å². The van der Waals surface area contributed by atoms with Gasteiger partial charge in [0.05, 0.1) is 6.10 Å². The molecule has 20 heavy (non-hydrogen) atoms. The van der Waals surface area contributed by atoms with E-state index >= 15 is 0 Å². The number of likely N-dealkylation sites (tertiary alicyclic amines) is 1. The summed E-state index contributed by atoms with van der Waals surface area (Å²) < 4.78 is 5.51. The van der Waals surface area contributed by atoms with Crippen LogP contribution in [0.4, 0.5) is 0 Å². The first-order valence-electron chi connectivity index (χ1n) is 8.62. The molecule has 3 heteroatoms. The molecule has 0 aromatic rings. The Balaban J connectivity index is 1.91. The minimum Gasteiger partial charge on any atom is -0.380 e. The summed E-state index contributed by atoms with van der Waals surface area (Å²) in [5, 5.41) is 3.82. The fraction of sp³-hybridized carbons (Fsp3) is 1.00. The summed E-state index contributed by atoms with van der Waals surface area (Å²) in [6, 6.07) is 0.718. The van der Waals surface area contributed by atoms with Crippen LogP contribution in [0.3, 0.4) is 0 Å². The van der Waals surface area contributed by atoms with Crippen LogP contribution in [0.15, 0.2) is 0 Å². The van der Waals surface area contributed by atoms with Crippen LogP contribution in [0.2, 0.25) is 0 Å². The molecule has 0 bridgehead atoms. The summed E-state index contributed by atoms with van der Waals surface area (Å²) in [4.78, 5) is 2.63. The molecule has 0 aromatic heterocycles. The molecule has 0 amide bonds. The van der Waals surface area contributed by atoms with Gasteiger partial charge in [0.1, 0.15) is 0 Å². The monoisotopic (exact) mass is 282 g/mol. The number of ether oxygens (including phenoxy) is 1. The average molecular weight is 282 g/mol. The number of nitrogens with one attached hydrogen (secondary N) is 1. The van der Waals surface area contributed by atoms with Gasteiger partial charge < -0.3 is 15.0 Å². The topological polar surface area (TPSA) is 24.5 Å². The minimum atomic E-state index is 0.467. The molecule has 1 N–H and O–H groups in total. The highest BCUT2D eigenvalue weighted by Gasteiger charge is 2.36. The van der Waals surface area contributed by atoms with Crippen LogP contribution in [-0.4, -0.2) is 50.3 Å². The maximum absolute atomic E-state index is 5.51. The van der Waals surface area contributed by atoms with Crippen molar-refractivity contribution in [2.24, 2.45) is 17.8 Å². The first-order chi connectivity index (χ1) is 9.63. The van der Waals surface area contributed by atoms with E-state index in [1.165, 1.54) is 45.3 Å². The normalized spacial score (nSPS) is 39.3. The second-order valence-corrected chi connectivity index (χ2v) is 7.18. The lowest BCUT2D eigenvalue weighted by Gasteiger charge is -2.42. The molecule has 2 fully saturated rings. The molecule has 1 heterocycles. The first kappa shape index (κ1) is 16.3. The van der Waals surface area contributed by atoms with Crippen molar-refractivity contribution in [3.8, 4) is 0 Å². The lowest BCUT2D eigenvalue weighted by molar-refractivity contribution is 0.0855. The van der Waals surface area contributed by atoms with E-state index in [2.05, 4.69) is 31.0 Å². The van der Waals surface area contributed by atoms with Crippen LogP contribution in [0.1, 0.15) is 46.5 Å². The molecule has 0 aromatic carbocycles. The van der Waals surface area contributed by atoms with Crippen LogP contribution in [0, 0.1) is 17.8 Å². The summed E-state index contributed by atoms with van der Waals surface area (Å²) in [6.45, 7) is 11.9. The van der Waals surface area contributed by atoms with Gasteiger partial charge in [-0.1, -0.05) is 20.8 Å². The summed E-state index contributed by atoms with van der Waals surface area (Å²) in [5.41, 5.74) is 0. The summed E-state index contributed by atoms with van der Waals surface area (Å²) in [5.74, 6) is 2.53. The highest BCUT2D eigenvalue weighted by Crippen LogP contribution is 2.35. The van der Waals surface area contributed by atoms with E-state index < -0.39 is 0 Å². The Bertz CT molecular complexity index is 284. The van der Waals surface area contributed by atoms with Crippen molar-refractivity contribution in [2.75, 3.05) is 33.3 Å². The van der Waals surface area contributed by atoms with Crippen LogP contribution >= 0.6 is 0 Å². The lowest BCUT2D eigenvalue weighted by atomic mass is 9.72. The van der Waals surface area contributed by atoms with E-state index in [0.717, 1.165) is 30.3 Å². The maximum Gasteiger partial charge on any atom is 0.0710 e. The molecule has 0 radical (unpaired) electrons. The minimum absolute atomic E-state index is 0.467. The van der Waals surface area contributed by atoms with Gasteiger partial charge in [0.15, 0.2) is 0 Å². The zero-order chi connectivity index (χ0) is 14.5. The quantitative estimate of drug-likeness (QED) is 0.811. The van der Waals surface area contributed by atoms with Gasteiger partial charge in [-0.05, 0) is 50.0 Å². The standard InChI is InChI=1S/C17H34N2O/c1-5-7-18-17-10-13(2)9-14(3)16(17)12-19-8-6-15(11-19)20-4/h13-18H,5-12H2,1-4H3. The number of nitrogens with zero attached hydrogens (tertiary/aromatic N) is 1. The fourth-order valence-electron chi connectivity index (χ4n) is 4.24. The molecule has 0 spiro atoms. The van der Waals surface area contributed by atoms with Crippen molar-refractivity contribution in [3.05, 3.63) is 0 Å². The molecule has 5 unspecified atom stereocenters. The van der Waals surface area contributed by atoms with Crippen LogP contribution in [0.25, 0.3) is 0 Å². The molecule has 1 aliphatic heterocycles. The van der Waals surface area contributed by atoms with Crippen molar-refractivity contribution in [3.63, 3.8) is 0 Å². The third-order valence-corrected chi connectivity index (χ3v) is 5.37. The van der Waals surface area contributed by atoms with Gasteiger partial charge in [0, 0.05) is 32.8 Å². The van der Waals surface area contributed by atoms with Crippen LogP contribution in [-0.2, 0) is 4.74 Å². The van der Waals surface area contributed by atoms with Gasteiger partial charge >= 0.3 is 0 Å². The molecular formula is C17H34N2O. The van der Waals surface area contributed by atoms with Gasteiger partial charge in [-0.2, -0.15) is 0 Å². The van der Waals surface area contributed by atoms with E-state index in [1.54, 1.807) is 0 Å². The van der Waals surface area contributed by atoms with Gasteiger partial charge in [0.25, 0.3) is 0 Å². The zero-order valence-corrected chi connectivity index (χ0v) is 13.9. The Morgan fingerprint density at radius 3 is 2.70 bits per heavy atom. The van der Waals surface area contributed by atoms with Gasteiger partial charge in [-0.3, -0.25) is 0 Å². The van der Waals surface area contributed by atoms with Crippen molar-refractivity contribution >= 4 is 0 Å². The number of hydrogen-bond donors (Lipinski definition) is 1. The Kier molecular flexibility index (Phi) is 6.31. The van der Waals surface area contributed by atoms with Gasteiger partial charge in [-0.15, -0.1) is 0 Å². The molecule has 1 aliphatic carbocycles. The largest absolute Gasteiger partial charge is 0.380 e. The molecule has 118 valence electrons. The number of methoxy groups -OCH3 is 1. The zero-order valence-electron chi connectivity index (χ0n) is 13.9. The lowest BCUT2D eigenvalue weighted by Crippen LogP contribution is -2.49. The Labute approximate surface area is 125 Å². The molecule has 3 nitrogen and oxygen atoms in total. The third kappa shape index (κ3) is 4.19. The second kappa shape index (κ2) is 7.77. The Morgan fingerprint density at radius 1 is 1.25 bits per heavy atom. The Morgan fingerprint density at radius 2 is 2.05 bits per heavy atom. The molecule has 5 atom stereocenters. The average Bonchev–Trinajstić information content (AvgIpc) is 2.87. The van der Waals surface area contributed by atoms with Gasteiger partial charge in [0.2, 0.25) is 0 Å². The number of hydrogen-bond acceptors (Lipinski definition) is 3. The predicted molar refractivity (Wildman–Crippen MR) is 85.0 cm³/mol. The summed E-state index contributed by atoms with van der Waals surface area (Å²) in [7, 11) is 1.85. The highest BCUT2D eigenvalue weighted by molar-refractivity contribution is 4.90. The van der Waals surface area contributed by atoms with Crippen molar-refractivity contribution in [1.82, 2.24) is 10.2 Å². The fourth-order valence-corrected chi connectivity index (χ4v) is 4.24. The summed E-state index contributed by atoms with van der Waals surface area (Å²) in [6.07, 6.45) is 5.67. The molecule has 1 saturated carbocycles. The SMILES string of the molecule is CCCNC1CC(C)CC(C)C1CN1CCC(OC)C1. The van der Waals surface area contributed by atoms with E-state index in [1.807, 2.05) is 7.11 Å². The first-order valence-corrected chi connectivity index (χ1v) is 8.62. The maximum atomic E-state index is 5.51. The van der Waals surface area contributed by atoms with Crippen molar-refractivity contribution < 1.29 is 4.74 Å². The number of rotatable bonds is 6. The van der Waals surface area contributed by atoms with Crippen molar-refractivity contribution in [1.29, 1.82) is 0 Å². The molecular weight excluding hydrogens is 248 g/mol. The molecule has 1 saturated heterocycles. The van der Waals surface area contributed by atoms with Crippen LogP contribution in [0.5, 0.6) is 0 Å². The second-order valence-electron chi connectivity index (χ2n) is 7.18. The van der Waals surface area contributed by atoms with E-state index in [-0.39, 0.29) is 0 Å². The molecule has 2 aliphatic rings. The Hall–Kier alpha value is -0.120. The summed E-state index contributed by atoms with van der Waals surface area (Å²) >= 11 is 0. The van der Waals surface area contributed by atoms with Gasteiger partial charge in [-0.25, -0.2) is 0 Å².